The second-order valence-electron chi connectivity index (χ2n) is 10.9. The third kappa shape index (κ3) is 8.43. The van der Waals surface area contributed by atoms with E-state index in [2.05, 4.69) is 45.8 Å². The molecule has 0 radical (unpaired) electrons. The van der Waals surface area contributed by atoms with Crippen LogP contribution < -0.4 is 20.1 Å². The molecule has 8 nitrogen and oxygen atoms in total. The number of hydrogen-bond donors (Lipinski definition) is 3. The molecular formula is C27H34F3N5O3S. The van der Waals surface area contributed by atoms with Crippen LogP contribution in [0, 0.1) is 11.8 Å². The van der Waals surface area contributed by atoms with Gasteiger partial charge in [0.2, 0.25) is 16.0 Å². The Morgan fingerprint density at radius 2 is 1.51 bits per heavy atom. The topological polar surface area (TPSA) is 105 Å². The fourth-order valence-corrected chi connectivity index (χ4v) is 5.73. The van der Waals surface area contributed by atoms with Gasteiger partial charge >= 0.3 is 6.36 Å². The van der Waals surface area contributed by atoms with Crippen LogP contribution in [0.15, 0.2) is 53.4 Å². The van der Waals surface area contributed by atoms with Gasteiger partial charge in [-0.2, -0.15) is 4.98 Å². The number of sulfonamides is 1. The molecule has 1 heterocycles. The lowest BCUT2D eigenvalue weighted by atomic mass is 9.82. The van der Waals surface area contributed by atoms with Gasteiger partial charge in [0.25, 0.3) is 0 Å². The molecule has 1 saturated carbocycles. The highest BCUT2D eigenvalue weighted by Crippen LogP contribution is 2.30. The van der Waals surface area contributed by atoms with E-state index in [9.17, 15) is 21.6 Å². The molecule has 3 N–H and O–H groups in total. The van der Waals surface area contributed by atoms with Crippen LogP contribution in [0.25, 0.3) is 10.9 Å². The monoisotopic (exact) mass is 565 g/mol. The Morgan fingerprint density at radius 1 is 0.897 bits per heavy atom. The molecular weight excluding hydrogens is 531 g/mol. The molecule has 0 saturated heterocycles. The fraction of sp³-hybridized carbons (Fsp3) is 0.481. The van der Waals surface area contributed by atoms with Crippen LogP contribution in [0.3, 0.4) is 0 Å². The smallest absolute Gasteiger partial charge is 0.406 e. The summed E-state index contributed by atoms with van der Waals surface area (Å²) < 4.78 is 68.6. The summed E-state index contributed by atoms with van der Waals surface area (Å²) in [6, 6.07) is 12.1. The Balaban J connectivity index is 1.27. The molecule has 3 aromatic rings. The van der Waals surface area contributed by atoms with Gasteiger partial charge in [0.1, 0.15) is 11.6 Å². The summed E-state index contributed by atoms with van der Waals surface area (Å²) in [5.41, 5.74) is 0.708. The molecule has 0 spiro atoms. The molecule has 0 amide bonds. The number of ether oxygens (including phenoxy) is 1. The zero-order chi connectivity index (χ0) is 28.3. The quantitative estimate of drug-likeness (QED) is 0.295. The Bertz CT molecular complexity index is 1370. The first-order valence-corrected chi connectivity index (χ1v) is 14.4. The molecule has 0 bridgehead atoms. The molecule has 12 heteroatoms. The third-order valence-electron chi connectivity index (χ3n) is 6.54. The number of halogens is 3. The number of aromatic nitrogens is 2. The number of nitrogens with zero attached hydrogens (tertiary/aromatic N) is 2. The van der Waals surface area contributed by atoms with Crippen molar-refractivity contribution in [2.75, 3.05) is 23.7 Å². The average molecular weight is 566 g/mol. The molecule has 39 heavy (non-hydrogen) atoms. The fourth-order valence-electron chi connectivity index (χ4n) is 4.61. The number of nitrogens with one attached hydrogen (secondary N) is 3. The van der Waals surface area contributed by atoms with Gasteiger partial charge in [-0.3, -0.25) is 0 Å². The predicted octanol–water partition coefficient (Wildman–Crippen LogP) is 5.94. The Morgan fingerprint density at radius 3 is 2.13 bits per heavy atom. The van der Waals surface area contributed by atoms with Gasteiger partial charge in [-0.05, 0) is 94.7 Å². The van der Waals surface area contributed by atoms with Crippen molar-refractivity contribution in [1.29, 1.82) is 0 Å². The van der Waals surface area contributed by atoms with E-state index in [0.29, 0.717) is 11.9 Å². The lowest BCUT2D eigenvalue weighted by Crippen LogP contribution is -2.32. The molecule has 212 valence electrons. The van der Waals surface area contributed by atoms with Crippen molar-refractivity contribution in [3.05, 3.63) is 48.5 Å². The maximum atomic E-state index is 12.6. The van der Waals surface area contributed by atoms with Gasteiger partial charge < -0.3 is 15.4 Å². The van der Waals surface area contributed by atoms with E-state index in [1.807, 2.05) is 24.3 Å². The van der Waals surface area contributed by atoms with Crippen LogP contribution in [-0.4, -0.2) is 43.4 Å². The zero-order valence-corrected chi connectivity index (χ0v) is 23.0. The van der Waals surface area contributed by atoms with Crippen LogP contribution in [0.1, 0.15) is 46.5 Å². The molecule has 0 atom stereocenters. The van der Waals surface area contributed by atoms with Gasteiger partial charge in [-0.1, -0.05) is 12.1 Å². The summed E-state index contributed by atoms with van der Waals surface area (Å²) in [6.45, 7) is 7.24. The maximum Gasteiger partial charge on any atom is 0.573 e. The highest BCUT2D eigenvalue weighted by Gasteiger charge is 2.31. The summed E-state index contributed by atoms with van der Waals surface area (Å²) >= 11 is 0. The van der Waals surface area contributed by atoms with Gasteiger partial charge in [-0.15, -0.1) is 13.2 Å². The van der Waals surface area contributed by atoms with Crippen LogP contribution in [-0.2, 0) is 10.0 Å². The zero-order valence-electron chi connectivity index (χ0n) is 22.2. The van der Waals surface area contributed by atoms with Crippen molar-refractivity contribution >= 4 is 32.7 Å². The van der Waals surface area contributed by atoms with Crippen LogP contribution >= 0.6 is 0 Å². The Labute approximate surface area is 226 Å². The summed E-state index contributed by atoms with van der Waals surface area (Å²) in [7, 11) is -3.84. The van der Waals surface area contributed by atoms with E-state index in [1.54, 1.807) is 0 Å². The lowest BCUT2D eigenvalue weighted by Gasteiger charge is -2.29. The van der Waals surface area contributed by atoms with Crippen molar-refractivity contribution in [1.82, 2.24) is 14.7 Å². The number of alkyl halides is 3. The second kappa shape index (κ2) is 11.5. The molecule has 1 aliphatic rings. The molecule has 1 aliphatic carbocycles. The molecule has 0 aliphatic heterocycles. The first-order valence-electron chi connectivity index (χ1n) is 12.9. The van der Waals surface area contributed by atoms with Crippen LogP contribution in [0.5, 0.6) is 5.75 Å². The lowest BCUT2D eigenvalue weighted by molar-refractivity contribution is -0.274. The SMILES string of the molecule is CC(C)(C)Nc1nc(NCC2CCC(CNS(=O)(=O)c3ccc(OC(F)(F)F)cc3)CC2)nc2ccccc12. The van der Waals surface area contributed by atoms with Crippen molar-refractivity contribution in [3.63, 3.8) is 0 Å². The number of benzene rings is 2. The molecule has 4 rings (SSSR count). The number of fused-ring (bicyclic) bond motifs is 1. The van der Waals surface area contributed by atoms with Crippen LogP contribution in [0.2, 0.25) is 0 Å². The van der Waals surface area contributed by atoms with Crippen molar-refractivity contribution in [3.8, 4) is 5.75 Å². The van der Waals surface area contributed by atoms with Gasteiger partial charge in [0.05, 0.1) is 10.4 Å². The summed E-state index contributed by atoms with van der Waals surface area (Å²) in [6.07, 6.45) is -1.24. The number of hydrogen-bond acceptors (Lipinski definition) is 7. The van der Waals surface area contributed by atoms with E-state index in [4.69, 9.17) is 4.98 Å². The summed E-state index contributed by atoms with van der Waals surface area (Å²) in [5, 5.41) is 7.81. The minimum atomic E-state index is -4.83. The molecule has 1 fully saturated rings. The minimum absolute atomic E-state index is 0.106. The standard InChI is InChI=1S/C27H34F3N5O3S/c1-26(2,3)35-24-22-6-4-5-7-23(22)33-25(34-24)31-16-18-8-10-19(11-9-18)17-32-39(36,37)21-14-12-20(13-15-21)38-27(28,29)30/h4-7,12-15,18-19,32H,8-11,16-17H2,1-3H3,(H2,31,33,34,35). The van der Waals surface area contributed by atoms with Gasteiger partial charge in [-0.25, -0.2) is 18.1 Å². The highest BCUT2D eigenvalue weighted by atomic mass is 32.2. The molecule has 2 aromatic carbocycles. The van der Waals surface area contributed by atoms with Crippen LogP contribution in [0.4, 0.5) is 24.9 Å². The third-order valence-corrected chi connectivity index (χ3v) is 7.98. The summed E-state index contributed by atoms with van der Waals surface area (Å²) in [5.74, 6) is 1.48. The normalized spacial score (nSPS) is 18.6. The van der Waals surface area contributed by atoms with Gasteiger partial charge in [0.15, 0.2) is 0 Å². The largest absolute Gasteiger partial charge is 0.573 e. The predicted molar refractivity (Wildman–Crippen MR) is 145 cm³/mol. The number of anilines is 2. The number of rotatable bonds is 9. The second-order valence-corrected chi connectivity index (χ2v) is 12.7. The molecule has 1 aromatic heterocycles. The minimum Gasteiger partial charge on any atom is -0.406 e. The average Bonchev–Trinajstić information content (AvgIpc) is 2.85. The maximum absolute atomic E-state index is 12.6. The van der Waals surface area contributed by atoms with Gasteiger partial charge in [0, 0.05) is 24.0 Å². The summed E-state index contributed by atoms with van der Waals surface area (Å²) in [4.78, 5) is 9.29. The van der Waals surface area contributed by atoms with E-state index in [0.717, 1.165) is 73.2 Å². The Hall–Kier alpha value is -3.12. The first kappa shape index (κ1) is 28.9. The first-order chi connectivity index (χ1) is 18.3. The highest BCUT2D eigenvalue weighted by molar-refractivity contribution is 7.89. The number of para-hydroxylation sites is 1. The van der Waals surface area contributed by atoms with E-state index >= 15 is 0 Å². The van der Waals surface area contributed by atoms with E-state index in [-0.39, 0.29) is 22.9 Å². The molecule has 0 unspecified atom stereocenters. The van der Waals surface area contributed by atoms with E-state index < -0.39 is 22.1 Å². The Kier molecular flexibility index (Phi) is 8.55. The van der Waals surface area contributed by atoms with Crippen molar-refractivity contribution in [2.24, 2.45) is 11.8 Å². The van der Waals surface area contributed by atoms with Crippen molar-refractivity contribution in [2.45, 2.75) is 63.3 Å². The van der Waals surface area contributed by atoms with Crippen molar-refractivity contribution < 1.29 is 26.3 Å². The van der Waals surface area contributed by atoms with E-state index in [1.165, 1.54) is 0 Å².